The predicted molar refractivity (Wildman–Crippen MR) is 59.4 cm³/mol. The first-order valence-corrected chi connectivity index (χ1v) is 5.23. The van der Waals surface area contributed by atoms with E-state index in [0.29, 0.717) is 17.9 Å². The van der Waals surface area contributed by atoms with Crippen LogP contribution in [0.2, 0.25) is 0 Å². The summed E-state index contributed by atoms with van der Waals surface area (Å²) in [5, 5.41) is 9.75. The molecule has 3 nitrogen and oxygen atoms in total. The van der Waals surface area contributed by atoms with Crippen LogP contribution >= 0.6 is 0 Å². The van der Waals surface area contributed by atoms with Crippen molar-refractivity contribution in [3.05, 3.63) is 23.5 Å². The maximum absolute atomic E-state index is 13.6. The van der Waals surface area contributed by atoms with Gasteiger partial charge < -0.3 is 14.6 Å². The van der Waals surface area contributed by atoms with Crippen molar-refractivity contribution in [1.29, 1.82) is 0 Å². The van der Waals surface area contributed by atoms with Crippen molar-refractivity contribution in [2.75, 3.05) is 14.2 Å². The number of ether oxygens (including phenoxy) is 2. The first-order valence-electron chi connectivity index (χ1n) is 5.23. The van der Waals surface area contributed by atoms with Crippen molar-refractivity contribution in [2.45, 2.75) is 25.9 Å². The lowest BCUT2D eigenvalue weighted by atomic mass is 10.0. The molecule has 1 N–H and O–H groups in total. The molecule has 0 heterocycles. The molecule has 1 rings (SSSR count). The zero-order valence-electron chi connectivity index (χ0n) is 9.79. The van der Waals surface area contributed by atoms with E-state index in [2.05, 4.69) is 0 Å². The second kappa shape index (κ2) is 5.70. The molecular formula is C12H17FO3. The third kappa shape index (κ3) is 2.64. The van der Waals surface area contributed by atoms with E-state index in [1.54, 1.807) is 0 Å². The molecule has 0 radical (unpaired) electrons. The molecular weight excluding hydrogens is 211 g/mol. The maximum Gasteiger partial charge on any atom is 0.163 e. The molecule has 4 heteroatoms. The van der Waals surface area contributed by atoms with Crippen LogP contribution in [0.5, 0.6) is 11.5 Å². The van der Waals surface area contributed by atoms with Gasteiger partial charge in [-0.3, -0.25) is 0 Å². The SMILES string of the molecule is CCCC(O)c1cc(OC)c(OC)cc1F. The van der Waals surface area contributed by atoms with Gasteiger partial charge >= 0.3 is 0 Å². The summed E-state index contributed by atoms with van der Waals surface area (Å²) in [6.07, 6.45) is 0.506. The molecule has 0 amide bonds. The van der Waals surface area contributed by atoms with Crippen LogP contribution in [0, 0.1) is 5.82 Å². The van der Waals surface area contributed by atoms with Gasteiger partial charge in [-0.2, -0.15) is 0 Å². The first kappa shape index (κ1) is 12.8. The van der Waals surface area contributed by atoms with Crippen molar-refractivity contribution in [2.24, 2.45) is 0 Å². The zero-order valence-corrected chi connectivity index (χ0v) is 9.79. The second-order valence-electron chi connectivity index (χ2n) is 3.53. The molecule has 0 aliphatic carbocycles. The molecule has 90 valence electrons. The average molecular weight is 228 g/mol. The van der Waals surface area contributed by atoms with E-state index in [0.717, 1.165) is 6.42 Å². The minimum Gasteiger partial charge on any atom is -0.493 e. The molecule has 0 bridgehead atoms. The van der Waals surface area contributed by atoms with Crippen molar-refractivity contribution in [3.8, 4) is 11.5 Å². The van der Waals surface area contributed by atoms with Crippen LogP contribution in [0.25, 0.3) is 0 Å². The third-order valence-electron chi connectivity index (χ3n) is 2.42. The van der Waals surface area contributed by atoms with E-state index in [4.69, 9.17) is 9.47 Å². The topological polar surface area (TPSA) is 38.7 Å². The minimum atomic E-state index is -0.801. The first-order chi connectivity index (χ1) is 7.63. The van der Waals surface area contributed by atoms with Crippen molar-refractivity contribution >= 4 is 0 Å². The van der Waals surface area contributed by atoms with Gasteiger partial charge in [0.15, 0.2) is 11.5 Å². The quantitative estimate of drug-likeness (QED) is 0.842. The number of methoxy groups -OCH3 is 2. The highest BCUT2D eigenvalue weighted by molar-refractivity contribution is 5.44. The molecule has 1 unspecified atom stereocenters. The molecule has 1 aromatic carbocycles. The van der Waals surface area contributed by atoms with E-state index >= 15 is 0 Å². The molecule has 0 aliphatic heterocycles. The number of hydrogen-bond acceptors (Lipinski definition) is 3. The molecule has 0 spiro atoms. The Morgan fingerprint density at radius 2 is 1.81 bits per heavy atom. The van der Waals surface area contributed by atoms with Crippen molar-refractivity contribution in [1.82, 2.24) is 0 Å². The predicted octanol–water partition coefficient (Wildman–Crippen LogP) is 2.68. The van der Waals surface area contributed by atoms with E-state index in [1.807, 2.05) is 6.92 Å². The summed E-state index contributed by atoms with van der Waals surface area (Å²) in [7, 11) is 2.92. The highest BCUT2D eigenvalue weighted by atomic mass is 19.1. The smallest absolute Gasteiger partial charge is 0.163 e. The van der Waals surface area contributed by atoms with Crippen LogP contribution in [0.4, 0.5) is 4.39 Å². The zero-order chi connectivity index (χ0) is 12.1. The lowest BCUT2D eigenvalue weighted by molar-refractivity contribution is 0.161. The van der Waals surface area contributed by atoms with E-state index in [1.165, 1.54) is 26.4 Å². The molecule has 16 heavy (non-hydrogen) atoms. The number of rotatable bonds is 5. The largest absolute Gasteiger partial charge is 0.493 e. The fraction of sp³-hybridized carbons (Fsp3) is 0.500. The Hall–Kier alpha value is -1.29. The van der Waals surface area contributed by atoms with Gasteiger partial charge in [0.2, 0.25) is 0 Å². The van der Waals surface area contributed by atoms with Gasteiger partial charge in [-0.15, -0.1) is 0 Å². The van der Waals surface area contributed by atoms with Gasteiger partial charge in [-0.25, -0.2) is 4.39 Å². The van der Waals surface area contributed by atoms with Crippen LogP contribution in [-0.4, -0.2) is 19.3 Å². The van der Waals surface area contributed by atoms with Crippen LogP contribution < -0.4 is 9.47 Å². The van der Waals surface area contributed by atoms with E-state index in [9.17, 15) is 9.50 Å². The average Bonchev–Trinajstić information content (AvgIpc) is 2.28. The molecule has 0 fully saturated rings. The molecule has 1 atom stereocenters. The Morgan fingerprint density at radius 3 is 2.31 bits per heavy atom. The van der Waals surface area contributed by atoms with Crippen LogP contribution in [-0.2, 0) is 0 Å². The summed E-state index contributed by atoms with van der Waals surface area (Å²) in [6.45, 7) is 1.93. The summed E-state index contributed by atoms with van der Waals surface area (Å²) in [5.74, 6) is 0.278. The van der Waals surface area contributed by atoms with Crippen molar-refractivity contribution < 1.29 is 19.0 Å². The minimum absolute atomic E-state index is 0.250. The molecule has 0 aliphatic rings. The highest BCUT2D eigenvalue weighted by Crippen LogP contribution is 2.33. The lowest BCUT2D eigenvalue weighted by Crippen LogP contribution is -2.02. The van der Waals surface area contributed by atoms with Crippen LogP contribution in [0.3, 0.4) is 0 Å². The Labute approximate surface area is 94.8 Å². The summed E-state index contributed by atoms with van der Waals surface area (Å²) in [6, 6.07) is 2.71. The Morgan fingerprint density at radius 1 is 1.25 bits per heavy atom. The fourth-order valence-corrected chi connectivity index (χ4v) is 1.55. The molecule has 1 aromatic rings. The van der Waals surface area contributed by atoms with Gasteiger partial charge in [0.1, 0.15) is 5.82 Å². The van der Waals surface area contributed by atoms with Gasteiger partial charge in [0, 0.05) is 11.6 Å². The highest BCUT2D eigenvalue weighted by Gasteiger charge is 2.16. The summed E-state index contributed by atoms with van der Waals surface area (Å²) in [4.78, 5) is 0. The second-order valence-corrected chi connectivity index (χ2v) is 3.53. The Kier molecular flexibility index (Phi) is 4.55. The van der Waals surface area contributed by atoms with Crippen LogP contribution in [0.1, 0.15) is 31.4 Å². The monoisotopic (exact) mass is 228 g/mol. The van der Waals surface area contributed by atoms with Gasteiger partial charge in [0.25, 0.3) is 0 Å². The molecule has 0 aromatic heterocycles. The van der Waals surface area contributed by atoms with E-state index in [-0.39, 0.29) is 5.56 Å². The summed E-state index contributed by atoms with van der Waals surface area (Å²) < 4.78 is 23.7. The fourth-order valence-electron chi connectivity index (χ4n) is 1.55. The number of aliphatic hydroxyl groups is 1. The lowest BCUT2D eigenvalue weighted by Gasteiger charge is -2.14. The number of aliphatic hydroxyl groups excluding tert-OH is 1. The molecule has 0 saturated heterocycles. The Bertz CT molecular complexity index is 352. The molecule has 0 saturated carbocycles. The standard InChI is InChI=1S/C12H17FO3/c1-4-5-10(14)8-6-11(15-2)12(16-3)7-9(8)13/h6-7,10,14H,4-5H2,1-3H3. The van der Waals surface area contributed by atoms with E-state index < -0.39 is 11.9 Å². The Balaban J connectivity index is 3.10. The summed E-state index contributed by atoms with van der Waals surface area (Å²) >= 11 is 0. The van der Waals surface area contributed by atoms with Gasteiger partial charge in [0.05, 0.1) is 20.3 Å². The third-order valence-corrected chi connectivity index (χ3v) is 2.42. The van der Waals surface area contributed by atoms with Crippen LogP contribution in [0.15, 0.2) is 12.1 Å². The van der Waals surface area contributed by atoms with Gasteiger partial charge in [-0.1, -0.05) is 13.3 Å². The maximum atomic E-state index is 13.6. The summed E-state index contributed by atoms with van der Waals surface area (Å²) in [5.41, 5.74) is 0.250. The number of halogens is 1. The number of benzene rings is 1. The van der Waals surface area contributed by atoms with Gasteiger partial charge in [-0.05, 0) is 12.5 Å². The normalized spacial score (nSPS) is 12.3. The van der Waals surface area contributed by atoms with Crippen molar-refractivity contribution in [3.63, 3.8) is 0 Å². The number of hydrogen-bond donors (Lipinski definition) is 1.